The number of fused-ring (bicyclic) bond motifs is 2. The summed E-state index contributed by atoms with van der Waals surface area (Å²) in [6.07, 6.45) is 8.68. The van der Waals surface area contributed by atoms with Crippen LogP contribution in [0.4, 0.5) is 0 Å². The van der Waals surface area contributed by atoms with Crippen LogP contribution in [-0.4, -0.2) is 28.9 Å². The first-order chi connectivity index (χ1) is 18.9. The number of aryl methyl sites for hydroxylation is 2. The van der Waals surface area contributed by atoms with Crippen LogP contribution in [0.1, 0.15) is 18.9 Å². The van der Waals surface area contributed by atoms with E-state index in [4.69, 9.17) is 11.6 Å². The van der Waals surface area contributed by atoms with Gasteiger partial charge in [0.2, 0.25) is 0 Å². The van der Waals surface area contributed by atoms with Crippen LogP contribution in [0, 0.1) is 11.3 Å². The molecular formula is C28H20ClN7O2S. The van der Waals surface area contributed by atoms with Crippen LogP contribution in [0.2, 0.25) is 5.02 Å². The molecule has 0 amide bonds. The van der Waals surface area contributed by atoms with E-state index in [1.165, 1.54) is 28.3 Å². The minimum Gasteiger partial charge on any atom is -0.292 e. The van der Waals surface area contributed by atoms with Gasteiger partial charge in [0.1, 0.15) is 10.8 Å². The lowest BCUT2D eigenvalue weighted by Gasteiger charge is -2.12. The van der Waals surface area contributed by atoms with Gasteiger partial charge in [-0.15, -0.1) is 11.3 Å². The largest absolute Gasteiger partial charge is 0.336 e. The highest BCUT2D eigenvalue weighted by atomic mass is 35.5. The van der Waals surface area contributed by atoms with E-state index >= 15 is 0 Å². The Hall–Kier alpha value is -4.59. The van der Waals surface area contributed by atoms with Crippen LogP contribution >= 0.6 is 22.9 Å². The number of hydrogen-bond acceptors (Lipinski definition) is 7. The molecule has 0 aliphatic rings. The first kappa shape index (κ1) is 24.7. The molecule has 5 heterocycles. The van der Waals surface area contributed by atoms with Crippen molar-refractivity contribution in [1.29, 1.82) is 5.26 Å². The fourth-order valence-electron chi connectivity index (χ4n) is 4.86. The van der Waals surface area contributed by atoms with Gasteiger partial charge in [-0.25, -0.2) is 9.36 Å². The Bertz CT molecular complexity index is 2080. The van der Waals surface area contributed by atoms with Gasteiger partial charge in [-0.1, -0.05) is 30.7 Å². The van der Waals surface area contributed by atoms with Crippen molar-refractivity contribution in [1.82, 2.24) is 28.9 Å². The summed E-state index contributed by atoms with van der Waals surface area (Å²) in [5, 5.41) is 14.9. The average molecular weight is 554 g/mol. The summed E-state index contributed by atoms with van der Waals surface area (Å²) >= 11 is 8.01. The number of aromatic nitrogens is 6. The number of nitriles is 1. The smallest absolute Gasteiger partial charge is 0.292 e. The van der Waals surface area contributed by atoms with Crippen molar-refractivity contribution in [3.63, 3.8) is 0 Å². The van der Waals surface area contributed by atoms with E-state index in [1.807, 2.05) is 25.1 Å². The minimum absolute atomic E-state index is 0.377. The molecule has 0 saturated carbocycles. The predicted octanol–water partition coefficient (Wildman–Crippen LogP) is 5.16. The van der Waals surface area contributed by atoms with Gasteiger partial charge in [-0.3, -0.25) is 24.0 Å². The van der Waals surface area contributed by atoms with Crippen LogP contribution in [0.15, 0.2) is 70.9 Å². The lowest BCUT2D eigenvalue weighted by atomic mass is 9.99. The van der Waals surface area contributed by atoms with Crippen LogP contribution < -0.4 is 11.2 Å². The summed E-state index contributed by atoms with van der Waals surface area (Å²) < 4.78 is 4.86. The van der Waals surface area contributed by atoms with Gasteiger partial charge < -0.3 is 0 Å². The van der Waals surface area contributed by atoms with Crippen molar-refractivity contribution in [3.8, 4) is 33.3 Å². The zero-order chi connectivity index (χ0) is 27.3. The van der Waals surface area contributed by atoms with Gasteiger partial charge in [0, 0.05) is 58.6 Å². The molecule has 0 bridgehead atoms. The molecule has 6 aromatic rings. The predicted molar refractivity (Wildman–Crippen MR) is 152 cm³/mol. The zero-order valence-corrected chi connectivity index (χ0v) is 22.5. The summed E-state index contributed by atoms with van der Waals surface area (Å²) in [4.78, 5) is 37.0. The van der Waals surface area contributed by atoms with E-state index in [2.05, 4.69) is 21.1 Å². The van der Waals surface area contributed by atoms with Gasteiger partial charge in [-0.05, 0) is 30.2 Å². The molecule has 0 atom stereocenters. The first-order valence-corrected chi connectivity index (χ1v) is 13.3. The van der Waals surface area contributed by atoms with E-state index in [9.17, 15) is 14.9 Å². The second-order valence-corrected chi connectivity index (χ2v) is 10.5. The molecule has 0 unspecified atom stereocenters. The lowest BCUT2D eigenvalue weighted by molar-refractivity contribution is 0.637. The fourth-order valence-corrected chi connectivity index (χ4v) is 6.36. The Kier molecular flexibility index (Phi) is 6.10. The van der Waals surface area contributed by atoms with E-state index in [-0.39, 0.29) is 0 Å². The number of nitrogens with zero attached hydrogens (tertiary/aromatic N) is 7. The Morgan fingerprint density at radius 2 is 1.90 bits per heavy atom. The fraction of sp³-hybridized carbons (Fsp3) is 0.143. The van der Waals surface area contributed by atoms with Gasteiger partial charge in [0.05, 0.1) is 34.7 Å². The van der Waals surface area contributed by atoms with Crippen molar-refractivity contribution < 1.29 is 0 Å². The quantitative estimate of drug-likeness (QED) is 0.291. The number of benzene rings is 1. The Morgan fingerprint density at radius 3 is 2.69 bits per heavy atom. The topological polar surface area (TPSA) is 111 Å². The minimum atomic E-state index is -0.445. The highest BCUT2D eigenvalue weighted by Gasteiger charge is 2.22. The molecular weight excluding hydrogens is 534 g/mol. The molecule has 0 N–H and O–H groups in total. The summed E-state index contributed by atoms with van der Waals surface area (Å²) in [7, 11) is 1.76. The monoisotopic (exact) mass is 553 g/mol. The number of rotatable bonds is 5. The third-order valence-corrected chi connectivity index (χ3v) is 8.01. The van der Waals surface area contributed by atoms with Gasteiger partial charge >= 0.3 is 5.69 Å². The molecule has 0 spiro atoms. The van der Waals surface area contributed by atoms with E-state index in [1.54, 1.807) is 47.0 Å². The van der Waals surface area contributed by atoms with Gasteiger partial charge in [0.15, 0.2) is 0 Å². The molecule has 0 aliphatic carbocycles. The second-order valence-electron chi connectivity index (χ2n) is 9.00. The maximum absolute atomic E-state index is 14.0. The first-order valence-electron chi connectivity index (χ1n) is 12.1. The molecule has 11 heteroatoms. The Labute approximate surface area is 230 Å². The van der Waals surface area contributed by atoms with Crippen molar-refractivity contribution in [2.24, 2.45) is 7.05 Å². The van der Waals surface area contributed by atoms with Gasteiger partial charge in [-0.2, -0.15) is 10.4 Å². The molecule has 0 saturated heterocycles. The highest BCUT2D eigenvalue weighted by molar-refractivity contribution is 7.22. The van der Waals surface area contributed by atoms with Gasteiger partial charge in [0.25, 0.3) is 5.56 Å². The third-order valence-electron chi connectivity index (χ3n) is 6.57. The third kappa shape index (κ3) is 3.94. The lowest BCUT2D eigenvalue weighted by Crippen LogP contribution is -2.38. The number of pyridine rings is 2. The SMILES string of the molecule is CCCn1c(=O)n(-c2cncc3cnn(C)c23)c(=O)c2sc(-c3c(Cl)cccc3-c3cncc(C#N)c3)cc21. The van der Waals surface area contributed by atoms with Crippen LogP contribution in [0.5, 0.6) is 0 Å². The maximum Gasteiger partial charge on any atom is 0.336 e. The number of thiophene rings is 1. The van der Waals surface area contributed by atoms with Crippen LogP contribution in [0.3, 0.4) is 0 Å². The number of halogens is 1. The molecule has 9 nitrogen and oxygen atoms in total. The standard InChI is InChI=1S/C28H20ClN7O2S/c1-3-7-35-21-9-23(24-19(5-4-6-20(24)29)17-8-16(10-30)11-31-12-17)39-26(21)27(37)36(28(35)38)22-15-32-13-18-14-33-34(2)25(18)22/h4-6,8-9,11-15H,3,7H2,1-2H3. The van der Waals surface area contributed by atoms with E-state index in [0.717, 1.165) is 21.4 Å². The summed E-state index contributed by atoms with van der Waals surface area (Å²) in [6, 6.07) is 11.2. The summed E-state index contributed by atoms with van der Waals surface area (Å²) in [5.41, 5.74) is 3.30. The maximum atomic E-state index is 14.0. The summed E-state index contributed by atoms with van der Waals surface area (Å²) in [5.74, 6) is 0. The molecule has 1 aromatic carbocycles. The molecule has 192 valence electrons. The van der Waals surface area contributed by atoms with Crippen molar-refractivity contribution in [2.75, 3.05) is 0 Å². The molecule has 6 rings (SSSR count). The molecule has 0 radical (unpaired) electrons. The van der Waals surface area contributed by atoms with Crippen molar-refractivity contribution in [2.45, 2.75) is 19.9 Å². The van der Waals surface area contributed by atoms with Crippen LogP contribution in [0.25, 0.3) is 48.4 Å². The zero-order valence-electron chi connectivity index (χ0n) is 20.9. The Morgan fingerprint density at radius 1 is 1.08 bits per heavy atom. The molecule has 0 aliphatic heterocycles. The second kappa shape index (κ2) is 9.62. The number of hydrogen-bond donors (Lipinski definition) is 0. The van der Waals surface area contributed by atoms with Crippen molar-refractivity contribution in [3.05, 3.63) is 92.7 Å². The van der Waals surface area contributed by atoms with Crippen LogP contribution in [-0.2, 0) is 13.6 Å². The average Bonchev–Trinajstić information content (AvgIpc) is 3.56. The Balaban J connectivity index is 1.67. The molecule has 5 aromatic heterocycles. The van der Waals surface area contributed by atoms with Crippen molar-refractivity contribution >= 4 is 44.1 Å². The molecule has 0 fully saturated rings. The summed E-state index contributed by atoms with van der Waals surface area (Å²) in [6.45, 7) is 2.40. The van der Waals surface area contributed by atoms with E-state index < -0.39 is 11.2 Å². The highest BCUT2D eigenvalue weighted by Crippen LogP contribution is 2.42. The normalized spacial score (nSPS) is 11.3. The molecule has 39 heavy (non-hydrogen) atoms. The van der Waals surface area contributed by atoms with E-state index in [0.29, 0.717) is 50.5 Å².